The Morgan fingerprint density at radius 1 is 1.50 bits per heavy atom. The van der Waals surface area contributed by atoms with Gasteiger partial charge in [-0.3, -0.25) is 0 Å². The molecule has 6 heteroatoms. The van der Waals surface area contributed by atoms with Crippen LogP contribution in [0.4, 0.5) is 0 Å². The highest BCUT2D eigenvalue weighted by Gasteiger charge is 2.05. The number of aliphatic hydroxyl groups excluding tert-OH is 1. The smallest absolute Gasteiger partial charge is 0.218 e. The van der Waals surface area contributed by atoms with Crippen LogP contribution in [0.1, 0.15) is 11.3 Å². The van der Waals surface area contributed by atoms with Gasteiger partial charge in [-0.05, 0) is 6.07 Å². The van der Waals surface area contributed by atoms with Crippen LogP contribution in [-0.4, -0.2) is 32.2 Å². The minimum Gasteiger partial charge on any atom is -0.481 e. The fourth-order valence-corrected chi connectivity index (χ4v) is 1.39. The Kier molecular flexibility index (Phi) is 3.11. The third-order valence-corrected chi connectivity index (χ3v) is 2.12. The fraction of sp³-hybridized carbons (Fsp3) is 0.300. The van der Waals surface area contributed by atoms with Gasteiger partial charge in [-0.25, -0.2) is 9.67 Å². The van der Waals surface area contributed by atoms with E-state index in [1.54, 1.807) is 24.2 Å². The van der Waals surface area contributed by atoms with E-state index in [0.717, 1.165) is 5.56 Å². The number of hydrogen-bond acceptors (Lipinski definition) is 5. The summed E-state index contributed by atoms with van der Waals surface area (Å²) in [5.41, 5.74) is 1.46. The molecule has 1 N–H and O–H groups in total. The van der Waals surface area contributed by atoms with E-state index >= 15 is 0 Å². The summed E-state index contributed by atoms with van der Waals surface area (Å²) in [5.74, 6) is 0.573. The lowest BCUT2D eigenvalue weighted by molar-refractivity contribution is 0.276. The Morgan fingerprint density at radius 3 is 3.06 bits per heavy atom. The molecule has 0 fully saturated rings. The topological polar surface area (TPSA) is 73.1 Å². The van der Waals surface area contributed by atoms with E-state index < -0.39 is 0 Å². The molecule has 0 unspecified atom stereocenters. The molecule has 0 aliphatic carbocycles. The minimum atomic E-state index is -0.107. The predicted molar refractivity (Wildman–Crippen MR) is 55.8 cm³/mol. The molecule has 2 heterocycles. The van der Waals surface area contributed by atoms with Crippen LogP contribution in [0.2, 0.25) is 0 Å². The Morgan fingerprint density at radius 2 is 2.38 bits per heavy atom. The van der Waals surface area contributed by atoms with Crippen LogP contribution in [0.5, 0.6) is 5.88 Å². The lowest BCUT2D eigenvalue weighted by atomic mass is 10.3. The van der Waals surface area contributed by atoms with Gasteiger partial charge in [0.05, 0.1) is 26.5 Å². The fourth-order valence-electron chi connectivity index (χ4n) is 1.39. The van der Waals surface area contributed by atoms with Gasteiger partial charge in [-0.15, -0.1) is 5.10 Å². The summed E-state index contributed by atoms with van der Waals surface area (Å²) >= 11 is 0. The molecule has 0 aliphatic rings. The van der Waals surface area contributed by atoms with Crippen LogP contribution in [0.25, 0.3) is 0 Å². The lowest BCUT2D eigenvalue weighted by Gasteiger charge is -2.05. The Hall–Kier alpha value is -1.95. The number of rotatable bonds is 4. The molecule has 2 aromatic heterocycles. The normalized spacial score (nSPS) is 10.4. The molecule has 0 amide bonds. The zero-order valence-electron chi connectivity index (χ0n) is 8.87. The van der Waals surface area contributed by atoms with Crippen LogP contribution in [0.3, 0.4) is 0 Å². The van der Waals surface area contributed by atoms with Gasteiger partial charge < -0.3 is 9.84 Å². The highest BCUT2D eigenvalue weighted by molar-refractivity contribution is 5.25. The monoisotopic (exact) mass is 220 g/mol. The molecular weight excluding hydrogens is 208 g/mol. The average molecular weight is 220 g/mol. The molecule has 0 bridgehead atoms. The summed E-state index contributed by atoms with van der Waals surface area (Å²) in [6, 6.07) is 3.74. The van der Waals surface area contributed by atoms with Crippen molar-refractivity contribution in [1.29, 1.82) is 0 Å². The second kappa shape index (κ2) is 4.71. The van der Waals surface area contributed by atoms with E-state index in [9.17, 15) is 0 Å². The maximum Gasteiger partial charge on any atom is 0.218 e. The van der Waals surface area contributed by atoms with Gasteiger partial charge >= 0.3 is 0 Å². The molecule has 84 valence electrons. The highest BCUT2D eigenvalue weighted by atomic mass is 16.5. The Labute approximate surface area is 92.5 Å². The standard InChI is InChI=1S/C10H12N4O2/c1-16-10-8(3-2-4-11-10)5-14-6-9(7-15)12-13-14/h2-4,6,15H,5,7H2,1H3. The molecule has 0 radical (unpaired) electrons. The summed E-state index contributed by atoms with van der Waals surface area (Å²) in [4.78, 5) is 4.09. The van der Waals surface area contributed by atoms with Gasteiger partial charge in [-0.1, -0.05) is 11.3 Å². The van der Waals surface area contributed by atoms with Crippen molar-refractivity contribution in [2.24, 2.45) is 0 Å². The van der Waals surface area contributed by atoms with E-state index in [1.807, 2.05) is 12.1 Å². The van der Waals surface area contributed by atoms with E-state index in [0.29, 0.717) is 18.1 Å². The first-order chi connectivity index (χ1) is 7.83. The zero-order chi connectivity index (χ0) is 11.4. The molecule has 2 aromatic rings. The van der Waals surface area contributed by atoms with E-state index in [1.165, 1.54) is 0 Å². The Balaban J connectivity index is 2.19. The number of aromatic nitrogens is 4. The first-order valence-corrected chi connectivity index (χ1v) is 4.81. The summed E-state index contributed by atoms with van der Waals surface area (Å²) in [5, 5.41) is 16.5. The molecular formula is C10H12N4O2. The summed E-state index contributed by atoms with van der Waals surface area (Å²) in [6.07, 6.45) is 3.36. The van der Waals surface area contributed by atoms with Crippen molar-refractivity contribution in [2.75, 3.05) is 7.11 Å². The van der Waals surface area contributed by atoms with Crippen LogP contribution in [0, 0.1) is 0 Å². The van der Waals surface area contributed by atoms with Crippen molar-refractivity contribution < 1.29 is 9.84 Å². The third-order valence-electron chi connectivity index (χ3n) is 2.12. The second-order valence-electron chi connectivity index (χ2n) is 3.24. The van der Waals surface area contributed by atoms with Crippen LogP contribution >= 0.6 is 0 Å². The number of aliphatic hydroxyl groups is 1. The molecule has 0 spiro atoms. The zero-order valence-corrected chi connectivity index (χ0v) is 8.87. The number of nitrogens with zero attached hydrogens (tertiary/aromatic N) is 4. The molecule has 0 aliphatic heterocycles. The molecule has 6 nitrogen and oxygen atoms in total. The molecule has 2 rings (SSSR count). The van der Waals surface area contributed by atoms with Gasteiger partial charge in [0, 0.05) is 11.8 Å². The SMILES string of the molecule is COc1ncccc1Cn1cc(CO)nn1. The van der Waals surface area contributed by atoms with Gasteiger partial charge in [0.15, 0.2) is 0 Å². The predicted octanol–water partition coefficient (Wildman–Crippen LogP) is 0.222. The summed E-state index contributed by atoms with van der Waals surface area (Å²) in [7, 11) is 1.58. The van der Waals surface area contributed by atoms with Gasteiger partial charge in [0.25, 0.3) is 0 Å². The van der Waals surface area contributed by atoms with E-state index in [-0.39, 0.29) is 6.61 Å². The van der Waals surface area contributed by atoms with Crippen LogP contribution in [-0.2, 0) is 13.2 Å². The van der Waals surface area contributed by atoms with Crippen molar-refractivity contribution in [3.05, 3.63) is 35.8 Å². The van der Waals surface area contributed by atoms with Crippen molar-refractivity contribution in [3.8, 4) is 5.88 Å². The molecule has 16 heavy (non-hydrogen) atoms. The van der Waals surface area contributed by atoms with Gasteiger partial charge in [0.1, 0.15) is 5.69 Å². The van der Waals surface area contributed by atoms with E-state index in [4.69, 9.17) is 9.84 Å². The van der Waals surface area contributed by atoms with Crippen molar-refractivity contribution in [1.82, 2.24) is 20.0 Å². The van der Waals surface area contributed by atoms with Gasteiger partial charge in [0.2, 0.25) is 5.88 Å². The highest BCUT2D eigenvalue weighted by Crippen LogP contribution is 2.14. The van der Waals surface area contributed by atoms with Gasteiger partial charge in [-0.2, -0.15) is 0 Å². The molecule has 0 saturated carbocycles. The Bertz CT molecular complexity index is 469. The quantitative estimate of drug-likeness (QED) is 0.798. The molecule has 0 saturated heterocycles. The molecule has 0 aromatic carbocycles. The summed E-state index contributed by atoms with van der Waals surface area (Å²) < 4.78 is 6.76. The minimum absolute atomic E-state index is 0.107. The van der Waals surface area contributed by atoms with Crippen molar-refractivity contribution in [3.63, 3.8) is 0 Å². The average Bonchev–Trinajstić information content (AvgIpc) is 2.77. The number of methoxy groups -OCH3 is 1. The summed E-state index contributed by atoms with van der Waals surface area (Å²) in [6.45, 7) is 0.411. The maximum atomic E-state index is 8.86. The number of hydrogen-bond donors (Lipinski definition) is 1. The first-order valence-electron chi connectivity index (χ1n) is 4.81. The van der Waals surface area contributed by atoms with Crippen molar-refractivity contribution >= 4 is 0 Å². The first kappa shape index (κ1) is 10.6. The third kappa shape index (κ3) is 2.17. The van der Waals surface area contributed by atoms with Crippen LogP contribution in [0.15, 0.2) is 24.5 Å². The van der Waals surface area contributed by atoms with E-state index in [2.05, 4.69) is 15.3 Å². The lowest BCUT2D eigenvalue weighted by Crippen LogP contribution is -2.03. The largest absolute Gasteiger partial charge is 0.481 e. The van der Waals surface area contributed by atoms with Crippen LogP contribution < -0.4 is 4.74 Å². The number of ether oxygens (including phenoxy) is 1. The van der Waals surface area contributed by atoms with Crippen molar-refractivity contribution in [2.45, 2.75) is 13.2 Å². The number of pyridine rings is 1. The maximum absolute atomic E-state index is 8.86. The molecule has 0 atom stereocenters. The second-order valence-corrected chi connectivity index (χ2v) is 3.24.